The molecule has 22 heavy (non-hydrogen) atoms. The lowest BCUT2D eigenvalue weighted by atomic mass is 10.2. The Morgan fingerprint density at radius 2 is 1.95 bits per heavy atom. The van der Waals surface area contributed by atoms with Gasteiger partial charge in [-0.3, -0.25) is 9.59 Å². The molecule has 5 heteroatoms. The molecule has 0 aliphatic carbocycles. The zero-order chi connectivity index (χ0) is 16.7. The number of nitrogens with zero attached hydrogens (tertiary/aromatic N) is 1. The van der Waals surface area contributed by atoms with Crippen molar-refractivity contribution in [2.75, 3.05) is 18.8 Å². The van der Waals surface area contributed by atoms with Crippen LogP contribution in [-0.4, -0.2) is 41.6 Å². The van der Waals surface area contributed by atoms with E-state index < -0.39 is 0 Å². The van der Waals surface area contributed by atoms with Crippen molar-refractivity contribution >= 4 is 23.6 Å². The van der Waals surface area contributed by atoms with E-state index in [0.29, 0.717) is 12.3 Å². The number of likely N-dealkylation sites (N-methyl/N-ethyl adjacent to an activating group) is 1. The molecule has 0 heterocycles. The van der Waals surface area contributed by atoms with Crippen LogP contribution in [0.3, 0.4) is 0 Å². The van der Waals surface area contributed by atoms with Crippen molar-refractivity contribution in [1.82, 2.24) is 10.2 Å². The van der Waals surface area contributed by atoms with Crippen molar-refractivity contribution in [3.63, 3.8) is 0 Å². The monoisotopic (exact) mass is 322 g/mol. The summed E-state index contributed by atoms with van der Waals surface area (Å²) in [7, 11) is 0. The van der Waals surface area contributed by atoms with Crippen molar-refractivity contribution in [1.29, 1.82) is 0 Å². The van der Waals surface area contributed by atoms with E-state index in [0.717, 1.165) is 4.90 Å². The molecule has 1 aromatic carbocycles. The zero-order valence-corrected chi connectivity index (χ0v) is 14.9. The van der Waals surface area contributed by atoms with Gasteiger partial charge in [-0.1, -0.05) is 17.7 Å². The molecular weight excluding hydrogens is 296 g/mol. The van der Waals surface area contributed by atoms with Gasteiger partial charge in [0.2, 0.25) is 11.8 Å². The number of benzene rings is 1. The summed E-state index contributed by atoms with van der Waals surface area (Å²) in [6, 6.07) is 6.31. The summed E-state index contributed by atoms with van der Waals surface area (Å²) in [4.78, 5) is 26.8. The average Bonchev–Trinajstić information content (AvgIpc) is 2.44. The number of aryl methyl sites for hydroxylation is 2. The second kappa shape index (κ2) is 8.83. The first kappa shape index (κ1) is 18.6. The highest BCUT2D eigenvalue weighted by Gasteiger charge is 2.16. The number of thioether (sulfide) groups is 1. The Kier molecular flexibility index (Phi) is 7.45. The Hall–Kier alpha value is -1.49. The average molecular weight is 322 g/mol. The highest BCUT2D eigenvalue weighted by Crippen LogP contribution is 2.23. The predicted octanol–water partition coefficient (Wildman–Crippen LogP) is 2.77. The molecule has 122 valence electrons. The first-order valence-corrected chi connectivity index (χ1v) is 8.59. The molecule has 1 N–H and O–H groups in total. The van der Waals surface area contributed by atoms with Crippen molar-refractivity contribution in [2.24, 2.45) is 0 Å². The van der Waals surface area contributed by atoms with E-state index >= 15 is 0 Å². The number of rotatable bonds is 7. The van der Waals surface area contributed by atoms with Gasteiger partial charge in [-0.2, -0.15) is 0 Å². The van der Waals surface area contributed by atoms with Gasteiger partial charge in [0.25, 0.3) is 0 Å². The predicted molar refractivity (Wildman–Crippen MR) is 92.2 cm³/mol. The van der Waals surface area contributed by atoms with Crippen LogP contribution in [0.4, 0.5) is 0 Å². The van der Waals surface area contributed by atoms with Crippen LogP contribution in [0.5, 0.6) is 0 Å². The Bertz CT molecular complexity index is 529. The van der Waals surface area contributed by atoms with Gasteiger partial charge in [0.1, 0.15) is 0 Å². The molecule has 0 aromatic heterocycles. The Morgan fingerprint density at radius 1 is 1.27 bits per heavy atom. The minimum Gasteiger partial charge on any atom is -0.352 e. The standard InChI is InChI=1S/C17H26N2O2S/c1-6-19(10-16(20)18-12(2)3)17(21)11-22-15-9-13(4)7-8-14(15)5/h7-9,12H,6,10-11H2,1-5H3,(H,18,20). The molecule has 0 unspecified atom stereocenters. The maximum atomic E-state index is 12.3. The SMILES string of the molecule is CCN(CC(=O)NC(C)C)C(=O)CSc1cc(C)ccc1C. The molecule has 0 spiro atoms. The van der Waals surface area contributed by atoms with Gasteiger partial charge in [-0.15, -0.1) is 11.8 Å². The molecule has 0 saturated heterocycles. The molecule has 0 bridgehead atoms. The fourth-order valence-corrected chi connectivity index (χ4v) is 3.04. The highest BCUT2D eigenvalue weighted by atomic mass is 32.2. The summed E-state index contributed by atoms with van der Waals surface area (Å²) < 4.78 is 0. The third kappa shape index (κ3) is 6.10. The third-order valence-corrected chi connectivity index (χ3v) is 4.36. The molecule has 1 aromatic rings. The van der Waals surface area contributed by atoms with E-state index in [4.69, 9.17) is 0 Å². The zero-order valence-electron chi connectivity index (χ0n) is 14.1. The second-order valence-electron chi connectivity index (χ2n) is 5.69. The quantitative estimate of drug-likeness (QED) is 0.785. The van der Waals surface area contributed by atoms with Gasteiger partial charge in [-0.25, -0.2) is 0 Å². The van der Waals surface area contributed by atoms with Crippen molar-refractivity contribution in [3.05, 3.63) is 29.3 Å². The third-order valence-electron chi connectivity index (χ3n) is 3.21. The van der Waals surface area contributed by atoms with Crippen LogP contribution in [0.2, 0.25) is 0 Å². The summed E-state index contributed by atoms with van der Waals surface area (Å²) in [6.07, 6.45) is 0. The first-order valence-electron chi connectivity index (χ1n) is 7.60. The fourth-order valence-electron chi connectivity index (χ4n) is 2.01. The minimum absolute atomic E-state index is 0.00712. The summed E-state index contributed by atoms with van der Waals surface area (Å²) in [6.45, 7) is 10.5. The Balaban J connectivity index is 2.58. The van der Waals surface area contributed by atoms with E-state index in [-0.39, 0.29) is 24.4 Å². The molecule has 0 radical (unpaired) electrons. The lowest BCUT2D eigenvalue weighted by molar-refractivity contribution is -0.134. The number of carbonyl (C=O) groups excluding carboxylic acids is 2. The van der Waals surface area contributed by atoms with Gasteiger partial charge in [0.15, 0.2) is 0 Å². The van der Waals surface area contributed by atoms with E-state index in [1.807, 2.05) is 34.6 Å². The van der Waals surface area contributed by atoms with E-state index in [1.54, 1.807) is 4.90 Å². The van der Waals surface area contributed by atoms with Crippen LogP contribution in [0.25, 0.3) is 0 Å². The van der Waals surface area contributed by atoms with Gasteiger partial charge < -0.3 is 10.2 Å². The second-order valence-corrected chi connectivity index (χ2v) is 6.70. The van der Waals surface area contributed by atoms with E-state index in [1.165, 1.54) is 22.9 Å². The summed E-state index contributed by atoms with van der Waals surface area (Å²) in [5, 5.41) is 2.81. The van der Waals surface area contributed by atoms with E-state index in [9.17, 15) is 9.59 Å². The van der Waals surface area contributed by atoms with Crippen LogP contribution in [0.1, 0.15) is 31.9 Å². The maximum absolute atomic E-state index is 12.3. The first-order chi connectivity index (χ1) is 10.3. The summed E-state index contributed by atoms with van der Waals surface area (Å²) in [5.74, 6) is 0.238. The largest absolute Gasteiger partial charge is 0.352 e. The summed E-state index contributed by atoms with van der Waals surface area (Å²) in [5.41, 5.74) is 2.35. The van der Waals surface area contributed by atoms with Crippen molar-refractivity contribution in [2.45, 2.75) is 45.6 Å². The number of nitrogens with one attached hydrogen (secondary N) is 1. The van der Waals surface area contributed by atoms with Crippen molar-refractivity contribution in [3.8, 4) is 0 Å². The molecule has 1 rings (SSSR count). The van der Waals surface area contributed by atoms with Crippen LogP contribution in [0.15, 0.2) is 23.1 Å². The molecule has 0 atom stereocenters. The molecule has 0 aliphatic heterocycles. The highest BCUT2D eigenvalue weighted by molar-refractivity contribution is 8.00. The summed E-state index contributed by atoms with van der Waals surface area (Å²) >= 11 is 1.53. The van der Waals surface area contributed by atoms with Crippen LogP contribution >= 0.6 is 11.8 Å². The molecule has 0 saturated carbocycles. The Labute approximate surface area is 137 Å². The smallest absolute Gasteiger partial charge is 0.239 e. The molecule has 4 nitrogen and oxygen atoms in total. The van der Waals surface area contributed by atoms with Gasteiger partial charge >= 0.3 is 0 Å². The molecular formula is C17H26N2O2S. The number of hydrogen-bond donors (Lipinski definition) is 1. The number of hydrogen-bond acceptors (Lipinski definition) is 3. The fraction of sp³-hybridized carbons (Fsp3) is 0.529. The molecule has 2 amide bonds. The van der Waals surface area contributed by atoms with Crippen molar-refractivity contribution < 1.29 is 9.59 Å². The Morgan fingerprint density at radius 3 is 2.55 bits per heavy atom. The number of carbonyl (C=O) groups is 2. The van der Waals surface area contributed by atoms with Gasteiger partial charge in [0, 0.05) is 17.5 Å². The maximum Gasteiger partial charge on any atom is 0.239 e. The van der Waals surface area contributed by atoms with Gasteiger partial charge in [0.05, 0.1) is 12.3 Å². The normalized spacial score (nSPS) is 10.6. The number of amides is 2. The lowest BCUT2D eigenvalue weighted by Crippen LogP contribution is -2.43. The van der Waals surface area contributed by atoms with Crippen LogP contribution in [-0.2, 0) is 9.59 Å². The van der Waals surface area contributed by atoms with E-state index in [2.05, 4.69) is 23.5 Å². The van der Waals surface area contributed by atoms with Crippen LogP contribution < -0.4 is 5.32 Å². The topological polar surface area (TPSA) is 49.4 Å². The van der Waals surface area contributed by atoms with Gasteiger partial charge in [-0.05, 0) is 46.2 Å². The van der Waals surface area contributed by atoms with Crippen LogP contribution in [0, 0.1) is 13.8 Å². The molecule has 0 aliphatic rings. The lowest BCUT2D eigenvalue weighted by Gasteiger charge is -2.21. The minimum atomic E-state index is -0.109. The molecule has 0 fully saturated rings.